The van der Waals surface area contributed by atoms with E-state index in [9.17, 15) is 4.79 Å². The Labute approximate surface area is 93.5 Å². The highest BCUT2D eigenvalue weighted by Crippen LogP contribution is 2.17. The molecule has 0 atom stereocenters. The van der Waals surface area contributed by atoms with E-state index in [4.69, 9.17) is 5.73 Å². The molecule has 86 valence electrons. The first-order valence-electron chi connectivity index (χ1n) is 5.47. The fraction of sp³-hybridized carbons (Fsp3) is 0.462. The Morgan fingerprint density at radius 3 is 1.87 bits per heavy atom. The smallest absolute Gasteiger partial charge is 0.150 e. The van der Waals surface area contributed by atoms with Crippen molar-refractivity contribution < 1.29 is 4.79 Å². The Bertz CT molecular complexity index is 293. The Morgan fingerprint density at radius 2 is 1.53 bits per heavy atom. The number of hydrogen-bond donors (Lipinski definition) is 1. The summed E-state index contributed by atoms with van der Waals surface area (Å²) in [6, 6.07) is 3.67. The van der Waals surface area contributed by atoms with Gasteiger partial charge in [0.2, 0.25) is 0 Å². The summed E-state index contributed by atoms with van der Waals surface area (Å²) in [6.45, 7) is 11.8. The van der Waals surface area contributed by atoms with E-state index < -0.39 is 0 Å². The second-order valence-corrected chi connectivity index (χ2v) is 2.63. The topological polar surface area (TPSA) is 43.1 Å². The van der Waals surface area contributed by atoms with Crippen molar-refractivity contribution in [3.8, 4) is 0 Å². The summed E-state index contributed by atoms with van der Waals surface area (Å²) < 4.78 is 0. The summed E-state index contributed by atoms with van der Waals surface area (Å²) in [7, 11) is 0. The highest BCUT2D eigenvalue weighted by atomic mass is 16.1. The Morgan fingerprint density at radius 1 is 1.07 bits per heavy atom. The highest BCUT2D eigenvalue weighted by molar-refractivity contribution is 5.82. The standard InChI is InChI=1S/C9H11NO.2C2H6/c1-6-3-4-9(10)7(2)8(6)5-11;2*1-2/h3-5H,10H2,1-2H3;2*1-2H3. The van der Waals surface area contributed by atoms with E-state index >= 15 is 0 Å². The maximum absolute atomic E-state index is 10.5. The number of rotatable bonds is 1. The molecule has 2 nitrogen and oxygen atoms in total. The molecule has 1 aromatic rings. The van der Waals surface area contributed by atoms with Gasteiger partial charge in [-0.2, -0.15) is 0 Å². The lowest BCUT2D eigenvalue weighted by atomic mass is 10.0. The molecule has 0 radical (unpaired) electrons. The summed E-state index contributed by atoms with van der Waals surface area (Å²) in [5.74, 6) is 0. The molecule has 1 rings (SSSR count). The maximum Gasteiger partial charge on any atom is 0.150 e. The average molecular weight is 209 g/mol. The van der Waals surface area contributed by atoms with Crippen LogP contribution in [0.5, 0.6) is 0 Å². The van der Waals surface area contributed by atoms with Gasteiger partial charge in [-0.15, -0.1) is 0 Å². The molecule has 0 aromatic heterocycles. The predicted molar refractivity (Wildman–Crippen MR) is 68.4 cm³/mol. The summed E-state index contributed by atoms with van der Waals surface area (Å²) in [5.41, 5.74) is 8.85. The minimum absolute atomic E-state index is 0.678. The molecule has 0 unspecified atom stereocenters. The van der Waals surface area contributed by atoms with E-state index in [2.05, 4.69) is 0 Å². The normalized spacial score (nSPS) is 7.87. The molecule has 1 aromatic carbocycles. The maximum atomic E-state index is 10.5. The number of aldehydes is 1. The van der Waals surface area contributed by atoms with Gasteiger partial charge in [0.1, 0.15) is 0 Å². The number of carbonyl (C=O) groups excluding carboxylic acids is 1. The van der Waals surface area contributed by atoms with Crippen LogP contribution in [0.2, 0.25) is 0 Å². The molecule has 0 saturated heterocycles. The third kappa shape index (κ3) is 4.63. The zero-order valence-electron chi connectivity index (χ0n) is 10.7. The van der Waals surface area contributed by atoms with Crippen molar-refractivity contribution in [2.24, 2.45) is 0 Å². The first-order chi connectivity index (χ1) is 7.16. The van der Waals surface area contributed by atoms with Crippen molar-refractivity contribution in [2.75, 3.05) is 5.73 Å². The molecule has 0 heterocycles. The van der Waals surface area contributed by atoms with Gasteiger partial charge in [0.15, 0.2) is 6.29 Å². The molecule has 0 aliphatic heterocycles. The number of hydrogen-bond acceptors (Lipinski definition) is 2. The third-order valence-electron chi connectivity index (χ3n) is 1.89. The Kier molecular flexibility index (Phi) is 9.95. The fourth-order valence-corrected chi connectivity index (χ4v) is 1.06. The highest BCUT2D eigenvalue weighted by Gasteiger charge is 2.02. The van der Waals surface area contributed by atoms with Crippen molar-refractivity contribution in [1.29, 1.82) is 0 Å². The fourth-order valence-electron chi connectivity index (χ4n) is 1.06. The van der Waals surface area contributed by atoms with Gasteiger partial charge in [-0.05, 0) is 31.0 Å². The largest absolute Gasteiger partial charge is 0.398 e. The minimum Gasteiger partial charge on any atom is -0.398 e. The zero-order chi connectivity index (χ0) is 12.4. The number of nitrogens with two attached hydrogens (primary N) is 1. The molecule has 0 aliphatic rings. The second-order valence-electron chi connectivity index (χ2n) is 2.63. The molecule has 0 saturated carbocycles. The molecular weight excluding hydrogens is 186 g/mol. The summed E-state index contributed by atoms with van der Waals surface area (Å²) in [6.07, 6.45) is 0.848. The molecule has 2 N–H and O–H groups in total. The lowest BCUT2D eigenvalue weighted by Gasteiger charge is -2.04. The van der Waals surface area contributed by atoms with E-state index in [1.54, 1.807) is 0 Å². The van der Waals surface area contributed by atoms with Crippen LogP contribution in [0.15, 0.2) is 12.1 Å². The first-order valence-corrected chi connectivity index (χ1v) is 5.47. The van der Waals surface area contributed by atoms with Crippen LogP contribution in [0.25, 0.3) is 0 Å². The van der Waals surface area contributed by atoms with Crippen LogP contribution in [0.4, 0.5) is 5.69 Å². The van der Waals surface area contributed by atoms with Gasteiger partial charge in [-0.3, -0.25) is 4.79 Å². The van der Waals surface area contributed by atoms with Gasteiger partial charge in [0, 0.05) is 11.3 Å². The zero-order valence-corrected chi connectivity index (χ0v) is 10.7. The van der Waals surface area contributed by atoms with Crippen LogP contribution in [-0.2, 0) is 0 Å². The van der Waals surface area contributed by atoms with Crippen LogP contribution < -0.4 is 5.73 Å². The van der Waals surface area contributed by atoms with Crippen molar-refractivity contribution >= 4 is 12.0 Å². The average Bonchev–Trinajstić information content (AvgIpc) is 2.30. The van der Waals surface area contributed by atoms with Gasteiger partial charge in [0.05, 0.1) is 0 Å². The number of carbonyl (C=O) groups is 1. The summed E-state index contributed by atoms with van der Waals surface area (Å²) in [4.78, 5) is 10.5. The van der Waals surface area contributed by atoms with E-state index in [0.717, 1.165) is 17.4 Å². The first kappa shape index (κ1) is 16.1. The van der Waals surface area contributed by atoms with Crippen LogP contribution in [0.1, 0.15) is 49.2 Å². The second kappa shape index (κ2) is 9.25. The van der Waals surface area contributed by atoms with E-state index in [1.807, 2.05) is 53.7 Å². The Balaban J connectivity index is 0. The van der Waals surface area contributed by atoms with Gasteiger partial charge in [-0.1, -0.05) is 33.8 Å². The van der Waals surface area contributed by atoms with Crippen molar-refractivity contribution in [2.45, 2.75) is 41.5 Å². The number of anilines is 1. The lowest BCUT2D eigenvalue weighted by molar-refractivity contribution is 0.112. The monoisotopic (exact) mass is 209 g/mol. The van der Waals surface area contributed by atoms with Crippen LogP contribution >= 0.6 is 0 Å². The van der Waals surface area contributed by atoms with Gasteiger partial charge in [-0.25, -0.2) is 0 Å². The van der Waals surface area contributed by atoms with E-state index in [1.165, 1.54) is 0 Å². The van der Waals surface area contributed by atoms with Gasteiger partial charge in [0.25, 0.3) is 0 Å². The quantitative estimate of drug-likeness (QED) is 0.565. The predicted octanol–water partition coefficient (Wildman–Crippen LogP) is 3.75. The van der Waals surface area contributed by atoms with Gasteiger partial charge >= 0.3 is 0 Å². The molecule has 0 fully saturated rings. The molecule has 0 bridgehead atoms. The van der Waals surface area contributed by atoms with Crippen molar-refractivity contribution in [3.05, 3.63) is 28.8 Å². The van der Waals surface area contributed by atoms with E-state index in [0.29, 0.717) is 11.3 Å². The number of nitrogen functional groups attached to an aromatic ring is 1. The van der Waals surface area contributed by atoms with Crippen LogP contribution in [0, 0.1) is 13.8 Å². The molecule has 0 amide bonds. The van der Waals surface area contributed by atoms with Gasteiger partial charge < -0.3 is 5.73 Å². The van der Waals surface area contributed by atoms with Crippen LogP contribution in [0.3, 0.4) is 0 Å². The van der Waals surface area contributed by atoms with Crippen molar-refractivity contribution in [3.63, 3.8) is 0 Å². The van der Waals surface area contributed by atoms with E-state index in [-0.39, 0.29) is 0 Å². The molecule has 0 aliphatic carbocycles. The third-order valence-corrected chi connectivity index (χ3v) is 1.89. The lowest BCUT2D eigenvalue weighted by Crippen LogP contribution is -1.96. The number of benzene rings is 1. The minimum atomic E-state index is 0.678. The summed E-state index contributed by atoms with van der Waals surface area (Å²) >= 11 is 0. The Hall–Kier alpha value is -1.31. The van der Waals surface area contributed by atoms with Crippen LogP contribution in [-0.4, -0.2) is 6.29 Å². The van der Waals surface area contributed by atoms with Crippen molar-refractivity contribution in [1.82, 2.24) is 0 Å². The number of aryl methyl sites for hydroxylation is 1. The molecule has 0 spiro atoms. The molecule has 2 heteroatoms. The SMILES string of the molecule is CC.CC.Cc1ccc(N)c(C)c1C=O. The summed E-state index contributed by atoms with van der Waals surface area (Å²) in [5, 5.41) is 0. The molecule has 15 heavy (non-hydrogen) atoms. The molecular formula is C13H23NO.